The summed E-state index contributed by atoms with van der Waals surface area (Å²) < 4.78 is 11.1. The van der Waals surface area contributed by atoms with Gasteiger partial charge in [-0.15, -0.1) is 10.2 Å². The van der Waals surface area contributed by atoms with E-state index in [1.807, 2.05) is 11.0 Å². The predicted molar refractivity (Wildman–Crippen MR) is 86.7 cm³/mol. The average Bonchev–Trinajstić information content (AvgIpc) is 3.07. The summed E-state index contributed by atoms with van der Waals surface area (Å²) in [6.45, 7) is 3.25. The zero-order valence-corrected chi connectivity index (χ0v) is 13.8. The lowest BCUT2D eigenvalue weighted by Gasteiger charge is -2.31. The number of morpholine rings is 1. The van der Waals surface area contributed by atoms with Gasteiger partial charge in [-0.25, -0.2) is 0 Å². The van der Waals surface area contributed by atoms with Crippen molar-refractivity contribution in [1.82, 2.24) is 15.1 Å². The smallest absolute Gasteiger partial charge is 0.254 e. The molecule has 0 spiro atoms. The Morgan fingerprint density at radius 3 is 2.83 bits per heavy atom. The fraction of sp³-hybridized carbons (Fsp3) is 0.500. The molecule has 2 heterocycles. The highest BCUT2D eigenvalue weighted by atomic mass is 16.5. The van der Waals surface area contributed by atoms with Crippen LogP contribution in [0.2, 0.25) is 0 Å². The Kier molecular flexibility index (Phi) is 4.06. The van der Waals surface area contributed by atoms with E-state index in [1.54, 1.807) is 6.92 Å². The second kappa shape index (κ2) is 6.36. The zero-order chi connectivity index (χ0) is 16.5. The number of benzene rings is 1. The monoisotopic (exact) mass is 327 g/mol. The summed E-state index contributed by atoms with van der Waals surface area (Å²) in [6.07, 6.45) is 4.31. The van der Waals surface area contributed by atoms with Gasteiger partial charge in [-0.05, 0) is 48.9 Å². The van der Waals surface area contributed by atoms with Crippen LogP contribution in [0.5, 0.6) is 0 Å². The van der Waals surface area contributed by atoms with Crippen molar-refractivity contribution in [1.29, 1.82) is 0 Å². The molecule has 2 aromatic rings. The quantitative estimate of drug-likeness (QED) is 0.847. The molecular formula is C18H21N3O3. The van der Waals surface area contributed by atoms with Crippen LogP contribution < -0.4 is 0 Å². The van der Waals surface area contributed by atoms with E-state index in [2.05, 4.69) is 22.3 Å². The van der Waals surface area contributed by atoms with Crippen LogP contribution in [0.4, 0.5) is 0 Å². The number of rotatable bonds is 2. The normalized spacial score (nSPS) is 20.7. The van der Waals surface area contributed by atoms with Gasteiger partial charge in [0.05, 0.1) is 13.2 Å². The van der Waals surface area contributed by atoms with E-state index < -0.39 is 0 Å². The van der Waals surface area contributed by atoms with Gasteiger partial charge in [0.25, 0.3) is 5.91 Å². The number of hydrogen-bond donors (Lipinski definition) is 0. The van der Waals surface area contributed by atoms with Crippen LogP contribution in [-0.4, -0.2) is 40.7 Å². The summed E-state index contributed by atoms with van der Waals surface area (Å²) in [6, 6.07) is 6.13. The summed E-state index contributed by atoms with van der Waals surface area (Å²) in [5.41, 5.74) is 3.47. The molecule has 2 aliphatic rings. The van der Waals surface area contributed by atoms with E-state index in [1.165, 1.54) is 24.0 Å². The number of aryl methyl sites for hydroxylation is 3. The molecule has 6 nitrogen and oxygen atoms in total. The van der Waals surface area contributed by atoms with Gasteiger partial charge in [0.2, 0.25) is 11.8 Å². The van der Waals surface area contributed by atoms with E-state index >= 15 is 0 Å². The largest absolute Gasteiger partial charge is 0.423 e. The van der Waals surface area contributed by atoms with Crippen molar-refractivity contribution in [2.45, 2.75) is 38.7 Å². The molecule has 1 aliphatic carbocycles. The first-order valence-electron chi connectivity index (χ1n) is 8.53. The number of fused-ring (bicyclic) bond motifs is 1. The maximum atomic E-state index is 12.9. The number of ether oxygens (including phenoxy) is 1. The van der Waals surface area contributed by atoms with Crippen LogP contribution in [0.15, 0.2) is 22.6 Å². The molecule has 1 aliphatic heterocycles. The molecule has 1 atom stereocenters. The predicted octanol–water partition coefficient (Wildman–Crippen LogP) is 2.47. The number of carbonyl (C=O) groups excluding carboxylic acids is 1. The van der Waals surface area contributed by atoms with Crippen molar-refractivity contribution in [3.63, 3.8) is 0 Å². The Hall–Kier alpha value is -2.21. The molecule has 1 aromatic heterocycles. The first-order valence-corrected chi connectivity index (χ1v) is 8.53. The highest BCUT2D eigenvalue weighted by Gasteiger charge is 2.29. The minimum atomic E-state index is -0.346. The molecule has 6 heteroatoms. The van der Waals surface area contributed by atoms with Crippen LogP contribution in [0.1, 0.15) is 52.2 Å². The van der Waals surface area contributed by atoms with Crippen molar-refractivity contribution in [2.24, 2.45) is 0 Å². The molecular weight excluding hydrogens is 306 g/mol. The van der Waals surface area contributed by atoms with Crippen molar-refractivity contribution in [3.05, 3.63) is 46.7 Å². The van der Waals surface area contributed by atoms with Gasteiger partial charge < -0.3 is 14.1 Å². The van der Waals surface area contributed by atoms with Gasteiger partial charge in [-0.2, -0.15) is 0 Å². The number of carbonyl (C=O) groups is 1. The van der Waals surface area contributed by atoms with E-state index in [4.69, 9.17) is 9.15 Å². The molecule has 0 bridgehead atoms. The number of nitrogens with zero attached hydrogens (tertiary/aromatic N) is 3. The van der Waals surface area contributed by atoms with Crippen LogP contribution in [0.3, 0.4) is 0 Å². The third kappa shape index (κ3) is 2.94. The molecule has 0 N–H and O–H groups in total. The van der Waals surface area contributed by atoms with Crippen LogP contribution in [0, 0.1) is 6.92 Å². The summed E-state index contributed by atoms with van der Waals surface area (Å²) >= 11 is 0. The number of aromatic nitrogens is 2. The molecule has 1 saturated heterocycles. The molecule has 0 saturated carbocycles. The summed E-state index contributed by atoms with van der Waals surface area (Å²) in [7, 11) is 0. The third-order valence-corrected chi connectivity index (χ3v) is 4.77. The van der Waals surface area contributed by atoms with Gasteiger partial charge in [-0.3, -0.25) is 4.79 Å². The maximum absolute atomic E-state index is 12.9. The van der Waals surface area contributed by atoms with Crippen molar-refractivity contribution < 1.29 is 13.9 Å². The van der Waals surface area contributed by atoms with Crippen molar-refractivity contribution in [3.8, 4) is 0 Å². The number of amides is 1. The maximum Gasteiger partial charge on any atom is 0.254 e. The Labute approximate surface area is 140 Å². The molecule has 126 valence electrons. The summed E-state index contributed by atoms with van der Waals surface area (Å²) in [4.78, 5) is 14.7. The minimum absolute atomic E-state index is 0.0490. The molecule has 0 radical (unpaired) electrons. The lowest BCUT2D eigenvalue weighted by molar-refractivity contribution is -0.0349. The van der Waals surface area contributed by atoms with Gasteiger partial charge in [0, 0.05) is 19.0 Å². The fourth-order valence-corrected chi connectivity index (χ4v) is 3.47. The van der Waals surface area contributed by atoms with E-state index in [0.717, 1.165) is 18.4 Å². The highest BCUT2D eigenvalue weighted by molar-refractivity contribution is 5.94. The Morgan fingerprint density at radius 1 is 1.21 bits per heavy atom. The molecule has 4 rings (SSSR count). The van der Waals surface area contributed by atoms with Crippen molar-refractivity contribution >= 4 is 5.91 Å². The van der Waals surface area contributed by atoms with Crippen LogP contribution in [0.25, 0.3) is 0 Å². The molecule has 1 unspecified atom stereocenters. The third-order valence-electron chi connectivity index (χ3n) is 4.77. The van der Waals surface area contributed by atoms with E-state index in [-0.39, 0.29) is 12.0 Å². The summed E-state index contributed by atoms with van der Waals surface area (Å²) in [5, 5.41) is 7.85. The van der Waals surface area contributed by atoms with Crippen molar-refractivity contribution in [2.75, 3.05) is 19.7 Å². The lowest BCUT2D eigenvalue weighted by atomic mass is 9.90. The molecule has 24 heavy (non-hydrogen) atoms. The van der Waals surface area contributed by atoms with Gasteiger partial charge >= 0.3 is 0 Å². The van der Waals surface area contributed by atoms with Gasteiger partial charge in [-0.1, -0.05) is 6.07 Å². The molecule has 1 aromatic carbocycles. The fourth-order valence-electron chi connectivity index (χ4n) is 3.47. The Balaban J connectivity index is 1.51. The topological polar surface area (TPSA) is 68.5 Å². The minimum Gasteiger partial charge on any atom is -0.423 e. The van der Waals surface area contributed by atoms with E-state index in [0.29, 0.717) is 31.5 Å². The first kappa shape index (κ1) is 15.3. The Bertz CT molecular complexity index is 756. The Morgan fingerprint density at radius 2 is 2.04 bits per heavy atom. The zero-order valence-electron chi connectivity index (χ0n) is 13.8. The SMILES string of the molecule is Cc1nnc(C2CN(C(=O)c3ccc4c(c3)CCCC4)CCO2)o1. The first-order chi connectivity index (χ1) is 11.7. The van der Waals surface area contributed by atoms with Crippen LogP contribution >= 0.6 is 0 Å². The summed E-state index contributed by atoms with van der Waals surface area (Å²) in [5.74, 6) is 0.995. The second-order valence-electron chi connectivity index (χ2n) is 6.46. The standard InChI is InChI=1S/C18H21N3O3/c1-12-19-20-17(24-12)16-11-21(8-9-23-16)18(22)15-7-6-13-4-2-3-5-14(13)10-15/h6-7,10,16H,2-5,8-9,11H2,1H3. The molecule has 1 fully saturated rings. The number of hydrogen-bond acceptors (Lipinski definition) is 5. The van der Waals surface area contributed by atoms with Gasteiger partial charge in [0.1, 0.15) is 0 Å². The van der Waals surface area contributed by atoms with Crippen LogP contribution in [-0.2, 0) is 17.6 Å². The van der Waals surface area contributed by atoms with Gasteiger partial charge in [0.15, 0.2) is 6.10 Å². The highest BCUT2D eigenvalue weighted by Crippen LogP contribution is 2.25. The van der Waals surface area contributed by atoms with E-state index in [9.17, 15) is 4.79 Å². The lowest BCUT2D eigenvalue weighted by Crippen LogP contribution is -2.42. The molecule has 1 amide bonds. The second-order valence-corrected chi connectivity index (χ2v) is 6.46. The average molecular weight is 327 g/mol.